The predicted molar refractivity (Wildman–Crippen MR) is 81.0 cm³/mol. The van der Waals surface area contributed by atoms with Crippen LogP contribution in [-0.2, 0) is 27.6 Å². The van der Waals surface area contributed by atoms with Crippen molar-refractivity contribution < 1.29 is 13.2 Å². The zero-order valence-corrected chi connectivity index (χ0v) is 12.9. The van der Waals surface area contributed by atoms with Gasteiger partial charge < -0.3 is 0 Å². The van der Waals surface area contributed by atoms with E-state index in [4.69, 9.17) is 5.84 Å². The number of carbonyl (C=O) groups is 1. The fraction of sp³-hybridized carbons (Fsp3) is 0.500. The van der Waals surface area contributed by atoms with E-state index < -0.39 is 9.84 Å². The Labute approximate surface area is 125 Å². The van der Waals surface area contributed by atoms with Crippen LogP contribution in [0, 0.1) is 0 Å². The summed E-state index contributed by atoms with van der Waals surface area (Å²) in [5, 5.41) is 0. The molecule has 1 unspecified atom stereocenters. The van der Waals surface area contributed by atoms with Crippen LogP contribution in [0.4, 0.5) is 0 Å². The van der Waals surface area contributed by atoms with Crippen molar-refractivity contribution in [1.29, 1.82) is 0 Å². The monoisotopic (exact) mass is 311 g/mol. The second kappa shape index (κ2) is 6.55. The van der Waals surface area contributed by atoms with Crippen LogP contribution < -0.4 is 11.3 Å². The Morgan fingerprint density at radius 3 is 2.67 bits per heavy atom. The third-order valence-electron chi connectivity index (χ3n) is 3.81. The van der Waals surface area contributed by atoms with Crippen molar-refractivity contribution in [1.82, 2.24) is 10.3 Å². The Morgan fingerprint density at radius 2 is 2.05 bits per heavy atom. The van der Waals surface area contributed by atoms with E-state index in [2.05, 4.69) is 10.3 Å². The SMILES string of the molecule is CC1CS(=O)(=O)CCN1Cc1ccccc1CC(=O)NN. The van der Waals surface area contributed by atoms with Gasteiger partial charge in [-0.25, -0.2) is 14.3 Å². The summed E-state index contributed by atoms with van der Waals surface area (Å²) in [5.74, 6) is 5.28. The molecule has 3 N–H and O–H groups in total. The van der Waals surface area contributed by atoms with Gasteiger partial charge in [0.2, 0.25) is 5.91 Å². The van der Waals surface area contributed by atoms with Gasteiger partial charge in [-0.2, -0.15) is 0 Å². The van der Waals surface area contributed by atoms with Crippen molar-refractivity contribution in [2.75, 3.05) is 18.1 Å². The summed E-state index contributed by atoms with van der Waals surface area (Å²) in [6, 6.07) is 7.66. The predicted octanol–water partition coefficient (Wildman–Crippen LogP) is -0.162. The quantitative estimate of drug-likeness (QED) is 0.458. The minimum atomic E-state index is -2.91. The molecule has 2 rings (SSSR count). The first-order valence-corrected chi connectivity index (χ1v) is 8.74. The standard InChI is InChI=1S/C14H21N3O3S/c1-11-10-21(19,20)7-6-17(11)9-13-5-3-2-4-12(13)8-14(18)16-15/h2-5,11H,6-10,15H2,1H3,(H,16,18). The molecule has 1 aliphatic rings. The molecule has 6 nitrogen and oxygen atoms in total. The van der Waals surface area contributed by atoms with Crippen molar-refractivity contribution in [2.45, 2.75) is 25.9 Å². The van der Waals surface area contributed by atoms with E-state index >= 15 is 0 Å². The van der Waals surface area contributed by atoms with Crippen molar-refractivity contribution in [3.05, 3.63) is 35.4 Å². The molecular formula is C14H21N3O3S. The van der Waals surface area contributed by atoms with Crippen LogP contribution in [0.1, 0.15) is 18.1 Å². The van der Waals surface area contributed by atoms with Crippen LogP contribution in [0.3, 0.4) is 0 Å². The van der Waals surface area contributed by atoms with E-state index in [1.54, 1.807) is 0 Å². The minimum Gasteiger partial charge on any atom is -0.294 e. The molecule has 1 atom stereocenters. The molecule has 1 saturated heterocycles. The van der Waals surface area contributed by atoms with E-state index in [1.807, 2.05) is 31.2 Å². The van der Waals surface area contributed by atoms with Crippen LogP contribution >= 0.6 is 0 Å². The Kier molecular flexibility index (Phi) is 4.97. The Hall–Kier alpha value is -1.44. The van der Waals surface area contributed by atoms with E-state index in [-0.39, 0.29) is 29.9 Å². The van der Waals surface area contributed by atoms with Gasteiger partial charge in [0.1, 0.15) is 0 Å². The molecule has 0 saturated carbocycles. The highest BCUT2D eigenvalue weighted by molar-refractivity contribution is 7.91. The maximum Gasteiger partial charge on any atom is 0.238 e. The first-order valence-electron chi connectivity index (χ1n) is 6.92. The van der Waals surface area contributed by atoms with E-state index in [0.29, 0.717) is 13.1 Å². The minimum absolute atomic E-state index is 0.0138. The lowest BCUT2D eigenvalue weighted by molar-refractivity contribution is -0.120. The van der Waals surface area contributed by atoms with Gasteiger partial charge in [-0.05, 0) is 18.1 Å². The lowest BCUT2D eigenvalue weighted by Gasteiger charge is -2.33. The maximum atomic E-state index is 11.6. The van der Waals surface area contributed by atoms with Gasteiger partial charge in [0.05, 0.1) is 17.9 Å². The molecular weight excluding hydrogens is 290 g/mol. The average molecular weight is 311 g/mol. The number of nitrogens with one attached hydrogen (secondary N) is 1. The number of nitrogens with two attached hydrogens (primary N) is 1. The zero-order chi connectivity index (χ0) is 15.5. The van der Waals surface area contributed by atoms with Gasteiger partial charge in [-0.15, -0.1) is 0 Å². The third-order valence-corrected chi connectivity index (χ3v) is 5.61. The van der Waals surface area contributed by atoms with E-state index in [9.17, 15) is 13.2 Å². The third kappa shape index (κ3) is 4.26. The van der Waals surface area contributed by atoms with Crippen LogP contribution in [0.25, 0.3) is 0 Å². The number of benzene rings is 1. The number of sulfone groups is 1. The summed E-state index contributed by atoms with van der Waals surface area (Å²) in [7, 11) is -2.91. The van der Waals surface area contributed by atoms with Crippen molar-refractivity contribution in [2.24, 2.45) is 5.84 Å². The number of rotatable bonds is 4. The van der Waals surface area contributed by atoms with Crippen LogP contribution in [0.5, 0.6) is 0 Å². The van der Waals surface area contributed by atoms with Gasteiger partial charge in [0.25, 0.3) is 0 Å². The summed E-state index contributed by atoms with van der Waals surface area (Å²) in [5.41, 5.74) is 4.08. The number of hydrogen-bond acceptors (Lipinski definition) is 5. The fourth-order valence-electron chi connectivity index (χ4n) is 2.59. The lowest BCUT2D eigenvalue weighted by atomic mass is 10.0. The first kappa shape index (κ1) is 15.9. The molecule has 0 aliphatic carbocycles. The Morgan fingerprint density at radius 1 is 1.38 bits per heavy atom. The largest absolute Gasteiger partial charge is 0.294 e. The molecule has 0 bridgehead atoms. The molecule has 1 amide bonds. The Balaban J connectivity index is 2.11. The highest BCUT2D eigenvalue weighted by atomic mass is 32.2. The van der Waals surface area contributed by atoms with Gasteiger partial charge in [0, 0.05) is 19.1 Å². The molecule has 116 valence electrons. The normalized spacial score (nSPS) is 21.9. The number of hydrazine groups is 1. The fourth-order valence-corrected chi connectivity index (χ4v) is 4.22. The summed E-state index contributed by atoms with van der Waals surface area (Å²) in [4.78, 5) is 13.6. The summed E-state index contributed by atoms with van der Waals surface area (Å²) < 4.78 is 23.2. The topological polar surface area (TPSA) is 92.5 Å². The zero-order valence-electron chi connectivity index (χ0n) is 12.1. The smallest absolute Gasteiger partial charge is 0.238 e. The molecule has 21 heavy (non-hydrogen) atoms. The van der Waals surface area contributed by atoms with Crippen LogP contribution in [-0.4, -0.2) is 43.3 Å². The van der Waals surface area contributed by atoms with Crippen LogP contribution in [0.2, 0.25) is 0 Å². The summed E-state index contributed by atoms with van der Waals surface area (Å²) in [6.07, 6.45) is 0.229. The molecule has 0 radical (unpaired) electrons. The molecule has 1 aromatic carbocycles. The van der Waals surface area contributed by atoms with Gasteiger partial charge in [-0.1, -0.05) is 24.3 Å². The highest BCUT2D eigenvalue weighted by Gasteiger charge is 2.28. The average Bonchev–Trinajstić information content (AvgIpc) is 2.43. The van der Waals surface area contributed by atoms with E-state index in [0.717, 1.165) is 11.1 Å². The van der Waals surface area contributed by atoms with Gasteiger partial charge in [-0.3, -0.25) is 15.1 Å². The summed E-state index contributed by atoms with van der Waals surface area (Å²) in [6.45, 7) is 3.09. The number of carbonyl (C=O) groups excluding carboxylic acids is 1. The molecule has 1 aliphatic heterocycles. The maximum absolute atomic E-state index is 11.6. The Bertz CT molecular complexity index is 616. The second-order valence-corrected chi connectivity index (χ2v) is 7.68. The molecule has 0 spiro atoms. The molecule has 1 heterocycles. The van der Waals surface area contributed by atoms with Crippen molar-refractivity contribution in [3.8, 4) is 0 Å². The van der Waals surface area contributed by atoms with E-state index in [1.165, 1.54) is 0 Å². The van der Waals surface area contributed by atoms with Gasteiger partial charge >= 0.3 is 0 Å². The number of amides is 1. The highest BCUT2D eigenvalue weighted by Crippen LogP contribution is 2.18. The molecule has 1 fully saturated rings. The molecule has 0 aromatic heterocycles. The lowest BCUT2D eigenvalue weighted by Crippen LogP contribution is -2.46. The van der Waals surface area contributed by atoms with Gasteiger partial charge in [0.15, 0.2) is 9.84 Å². The summed E-state index contributed by atoms with van der Waals surface area (Å²) >= 11 is 0. The van der Waals surface area contributed by atoms with Crippen molar-refractivity contribution in [3.63, 3.8) is 0 Å². The number of hydrogen-bond donors (Lipinski definition) is 2. The second-order valence-electron chi connectivity index (χ2n) is 5.45. The first-order chi connectivity index (χ1) is 9.91. The van der Waals surface area contributed by atoms with Crippen LogP contribution in [0.15, 0.2) is 24.3 Å². The molecule has 1 aromatic rings. The van der Waals surface area contributed by atoms with Crippen molar-refractivity contribution >= 4 is 15.7 Å². The number of nitrogens with zero attached hydrogens (tertiary/aromatic N) is 1. The molecule has 7 heteroatoms.